The highest BCUT2D eigenvalue weighted by atomic mass is 16.3. The first-order chi connectivity index (χ1) is 28.0. The fraction of sp³-hybridized carbons (Fsp3) is 0.564. The summed E-state index contributed by atoms with van der Waals surface area (Å²) < 4.78 is 0. The van der Waals surface area contributed by atoms with Gasteiger partial charge in [0.2, 0.25) is 0 Å². The van der Waals surface area contributed by atoms with Gasteiger partial charge < -0.3 is 10.2 Å². The van der Waals surface area contributed by atoms with Crippen molar-refractivity contribution in [3.05, 3.63) is 106 Å². The van der Waals surface area contributed by atoms with Crippen LogP contribution in [0, 0.1) is 0 Å². The van der Waals surface area contributed by atoms with Crippen molar-refractivity contribution in [2.45, 2.75) is 197 Å². The molecule has 0 heterocycles. The first-order valence-electron chi connectivity index (χ1n) is 24.0. The highest BCUT2D eigenvalue weighted by Crippen LogP contribution is 2.53. The van der Waals surface area contributed by atoms with Crippen LogP contribution in [0.15, 0.2) is 72.8 Å². The Balaban J connectivity index is 1.32. The number of phenols is 2. The van der Waals surface area contributed by atoms with Gasteiger partial charge in [-0.2, -0.15) is 0 Å². The van der Waals surface area contributed by atoms with E-state index in [9.17, 15) is 10.2 Å². The van der Waals surface area contributed by atoms with Crippen molar-refractivity contribution in [1.82, 2.24) is 0 Å². The van der Waals surface area contributed by atoms with Crippen molar-refractivity contribution in [2.24, 2.45) is 0 Å². The van der Waals surface area contributed by atoms with Crippen LogP contribution in [0.3, 0.4) is 0 Å². The number of benzene rings is 4. The maximum absolute atomic E-state index is 12.1. The second-order valence-corrected chi connectivity index (χ2v) is 19.0. The Labute approximate surface area is 345 Å². The van der Waals surface area contributed by atoms with E-state index in [-0.39, 0.29) is 5.41 Å². The maximum atomic E-state index is 12.1. The molecule has 4 aliphatic carbocycles. The van der Waals surface area contributed by atoms with Crippen molar-refractivity contribution in [1.29, 1.82) is 0 Å². The normalized spacial score (nSPS) is 19.5. The summed E-state index contributed by atoms with van der Waals surface area (Å²) >= 11 is 0. The van der Waals surface area contributed by atoms with Gasteiger partial charge in [-0.05, 0) is 168 Å². The second kappa shape index (κ2) is 18.6. The molecule has 4 aliphatic rings. The first-order valence-corrected chi connectivity index (χ1v) is 24.0. The smallest absolute Gasteiger partial charge is 0.122 e. The molecule has 0 atom stereocenters. The van der Waals surface area contributed by atoms with Crippen molar-refractivity contribution < 1.29 is 10.2 Å². The third-order valence-electron chi connectivity index (χ3n) is 15.4. The number of hydrogen-bond donors (Lipinski definition) is 2. The second-order valence-electron chi connectivity index (χ2n) is 19.0. The summed E-state index contributed by atoms with van der Waals surface area (Å²) in [5.41, 5.74) is 12.9. The van der Waals surface area contributed by atoms with E-state index >= 15 is 0 Å². The van der Waals surface area contributed by atoms with Gasteiger partial charge >= 0.3 is 0 Å². The van der Waals surface area contributed by atoms with Crippen molar-refractivity contribution in [3.63, 3.8) is 0 Å². The van der Waals surface area contributed by atoms with Gasteiger partial charge in [0, 0.05) is 5.41 Å². The molecule has 4 fully saturated rings. The Hall–Kier alpha value is -3.52. The van der Waals surface area contributed by atoms with Crippen LogP contribution in [0.25, 0.3) is 22.3 Å². The zero-order valence-electron chi connectivity index (χ0n) is 35.6. The van der Waals surface area contributed by atoms with Gasteiger partial charge in [-0.15, -0.1) is 0 Å². The minimum atomic E-state index is -0.196. The summed E-state index contributed by atoms with van der Waals surface area (Å²) in [6.07, 6.45) is 29.2. The molecule has 4 aromatic rings. The molecule has 0 aliphatic heterocycles. The minimum absolute atomic E-state index is 0.196. The van der Waals surface area contributed by atoms with Gasteiger partial charge in [-0.25, -0.2) is 0 Å². The monoisotopic (exact) mass is 765 g/mol. The quantitative estimate of drug-likeness (QED) is 0.151. The van der Waals surface area contributed by atoms with Crippen LogP contribution in [0.2, 0.25) is 0 Å². The standard InChI is InChI=1S/C55H72O2/c1-3-33-55(34-4-2,51-31-19-17-29-45(51)43-35-47(39-21-9-5-10-22-39)53(56)48(36-43)40-23-11-6-12-24-40)52-32-20-18-30-46(52)44-37-49(41-25-13-7-14-26-41)54(57)50(38-44)42-27-15-8-16-28-42/h17-20,29-32,35-42,56-57H,3-16,21-28,33-34H2,1-2H3. The number of hydrogen-bond acceptors (Lipinski definition) is 2. The molecule has 304 valence electrons. The predicted molar refractivity (Wildman–Crippen MR) is 241 cm³/mol. The van der Waals surface area contributed by atoms with Gasteiger partial charge in [0.1, 0.15) is 11.5 Å². The van der Waals surface area contributed by atoms with E-state index in [1.165, 1.54) is 184 Å². The molecule has 0 amide bonds. The average Bonchev–Trinajstić information content (AvgIpc) is 3.27. The highest BCUT2D eigenvalue weighted by molar-refractivity contribution is 5.78. The molecule has 0 saturated heterocycles. The molecule has 0 unspecified atom stereocenters. The molecular weight excluding hydrogens is 693 g/mol. The summed E-state index contributed by atoms with van der Waals surface area (Å²) in [5, 5.41) is 24.3. The van der Waals surface area contributed by atoms with E-state index in [0.29, 0.717) is 35.2 Å². The van der Waals surface area contributed by atoms with Crippen molar-refractivity contribution in [2.75, 3.05) is 0 Å². The van der Waals surface area contributed by atoms with Crippen LogP contribution < -0.4 is 0 Å². The molecule has 4 aromatic carbocycles. The zero-order chi connectivity index (χ0) is 39.2. The Morgan fingerprint density at radius 3 is 0.982 bits per heavy atom. The van der Waals surface area contributed by atoms with E-state index in [1.807, 2.05) is 0 Å². The van der Waals surface area contributed by atoms with Crippen LogP contribution in [-0.4, -0.2) is 10.2 Å². The van der Waals surface area contributed by atoms with E-state index < -0.39 is 0 Å². The summed E-state index contributed by atoms with van der Waals surface area (Å²) in [6, 6.07) is 28.5. The summed E-state index contributed by atoms with van der Waals surface area (Å²) in [6.45, 7) is 4.75. The van der Waals surface area contributed by atoms with Gasteiger partial charge in [0.25, 0.3) is 0 Å². The van der Waals surface area contributed by atoms with Crippen LogP contribution in [0.5, 0.6) is 11.5 Å². The molecular formula is C55H72O2. The third-order valence-corrected chi connectivity index (χ3v) is 15.4. The first kappa shape index (κ1) is 40.3. The summed E-state index contributed by atoms with van der Waals surface area (Å²) in [7, 11) is 0. The van der Waals surface area contributed by atoms with Crippen LogP contribution in [0.1, 0.15) is 225 Å². The van der Waals surface area contributed by atoms with E-state index in [4.69, 9.17) is 0 Å². The fourth-order valence-electron chi connectivity index (χ4n) is 12.5. The van der Waals surface area contributed by atoms with Gasteiger partial charge in [0.05, 0.1) is 0 Å². The average molecular weight is 765 g/mol. The van der Waals surface area contributed by atoms with Crippen LogP contribution in [-0.2, 0) is 5.41 Å². The summed E-state index contributed by atoms with van der Waals surface area (Å²) in [4.78, 5) is 0. The summed E-state index contributed by atoms with van der Waals surface area (Å²) in [5.74, 6) is 2.99. The fourth-order valence-corrected chi connectivity index (χ4v) is 12.5. The molecule has 2 heteroatoms. The van der Waals surface area contributed by atoms with Gasteiger partial charge in [-0.3, -0.25) is 0 Å². The number of rotatable bonds is 12. The van der Waals surface area contributed by atoms with Crippen LogP contribution >= 0.6 is 0 Å². The van der Waals surface area contributed by atoms with Crippen LogP contribution in [0.4, 0.5) is 0 Å². The van der Waals surface area contributed by atoms with Crippen molar-refractivity contribution in [3.8, 4) is 33.8 Å². The number of phenolic OH excluding ortho intramolecular Hbond substituents is 2. The predicted octanol–water partition coefficient (Wildman–Crippen LogP) is 16.5. The van der Waals surface area contributed by atoms with E-state index in [2.05, 4.69) is 86.6 Å². The van der Waals surface area contributed by atoms with Crippen molar-refractivity contribution >= 4 is 0 Å². The molecule has 0 spiro atoms. The van der Waals surface area contributed by atoms with E-state index in [1.54, 1.807) is 0 Å². The lowest BCUT2D eigenvalue weighted by Gasteiger charge is -2.39. The third kappa shape index (κ3) is 8.36. The lowest BCUT2D eigenvalue weighted by atomic mass is 9.64. The highest BCUT2D eigenvalue weighted by Gasteiger charge is 2.38. The molecule has 4 saturated carbocycles. The molecule has 2 N–H and O–H groups in total. The number of aromatic hydroxyl groups is 2. The Morgan fingerprint density at radius 2 is 0.702 bits per heavy atom. The Bertz CT molecular complexity index is 1710. The van der Waals surface area contributed by atoms with E-state index in [0.717, 1.165) is 25.7 Å². The maximum Gasteiger partial charge on any atom is 0.122 e. The molecule has 57 heavy (non-hydrogen) atoms. The molecule has 0 radical (unpaired) electrons. The van der Waals surface area contributed by atoms with Gasteiger partial charge in [0.15, 0.2) is 0 Å². The lowest BCUT2D eigenvalue weighted by molar-refractivity contribution is 0.393. The minimum Gasteiger partial charge on any atom is -0.507 e. The molecule has 0 aromatic heterocycles. The molecule has 8 rings (SSSR count). The van der Waals surface area contributed by atoms with Gasteiger partial charge in [-0.1, -0.05) is 152 Å². The molecule has 2 nitrogen and oxygen atoms in total. The topological polar surface area (TPSA) is 40.5 Å². The Morgan fingerprint density at radius 1 is 0.421 bits per heavy atom. The lowest BCUT2D eigenvalue weighted by Crippen LogP contribution is -2.29. The largest absolute Gasteiger partial charge is 0.507 e. The SMILES string of the molecule is CCCC(CCC)(c1ccccc1-c1cc(C2CCCCC2)c(O)c(C2CCCCC2)c1)c1ccccc1-c1cc(C2CCCCC2)c(O)c(C2CCCCC2)c1. The molecule has 0 bridgehead atoms. The Kier molecular flexibility index (Phi) is 13.1. The zero-order valence-corrected chi connectivity index (χ0v) is 35.6.